The average molecular weight is 802 g/mol. The molecule has 0 bridgehead atoms. The monoisotopic (exact) mass is 800 g/mol. The maximum atomic E-state index is 9.83. The number of aromatic hydroxyl groups is 4. The van der Waals surface area contributed by atoms with Crippen molar-refractivity contribution < 1.29 is 65.8 Å². The van der Waals surface area contributed by atoms with Crippen molar-refractivity contribution >= 4 is 44.1 Å². The number of para-hydroxylation sites is 4. The van der Waals surface area contributed by atoms with E-state index in [1.807, 2.05) is 39.8 Å². The first-order valence-electron chi connectivity index (χ1n) is 22.4. The van der Waals surface area contributed by atoms with Crippen LogP contribution >= 0.6 is 0 Å². The second-order valence-electron chi connectivity index (χ2n) is 11.0. The van der Waals surface area contributed by atoms with Crippen LogP contribution in [0.25, 0.3) is 44.1 Å². The van der Waals surface area contributed by atoms with Gasteiger partial charge in [-0.15, -0.1) is 0 Å². The molecule has 0 saturated heterocycles. The SMILES string of the molecule is Cc1nc2cccc(O)c2nc1C.Cc1nc2cccc(O)c2nc1C.[2H]c1c([2H])c(O)c2nc(C([2H])([2H])[2H])c(C([2H])([2H])[2H])nc2c1[2H].[2H]c1c([2H])c(O)c2nc(C([2H])[2H])c(C)nc2c1[2H].[Zr]. The first-order valence-corrected chi connectivity index (χ1v) is 15.2. The maximum Gasteiger partial charge on any atom is 0.143 e. The van der Waals surface area contributed by atoms with Crippen LogP contribution in [-0.2, 0) is 26.2 Å². The number of aromatic nitrogens is 8. The third kappa shape index (κ3) is 9.41. The second-order valence-corrected chi connectivity index (χ2v) is 11.0. The number of benzene rings is 4. The summed E-state index contributed by atoms with van der Waals surface area (Å²) >= 11 is 0. The topological polar surface area (TPSA) is 184 Å². The predicted octanol–water partition coefficient (Wildman–Crippen LogP) is 7.81. The van der Waals surface area contributed by atoms with Crippen molar-refractivity contribution in [2.45, 2.75) is 55.2 Å². The van der Waals surface area contributed by atoms with Crippen LogP contribution in [0, 0.1) is 55.2 Å². The summed E-state index contributed by atoms with van der Waals surface area (Å²) in [5, 5.41) is 38.5. The van der Waals surface area contributed by atoms with Crippen LogP contribution in [-0.4, -0.2) is 60.3 Å². The Morgan fingerprint density at radius 3 is 1.21 bits per heavy atom. The normalized spacial score (nSPS) is 14.8. The molecule has 268 valence electrons. The molecule has 8 rings (SSSR count). The van der Waals surface area contributed by atoms with Crippen LogP contribution in [0.2, 0.25) is 0 Å². The molecule has 0 aliphatic rings. The Morgan fingerprint density at radius 1 is 0.415 bits per heavy atom. The molecule has 0 aliphatic heterocycles. The summed E-state index contributed by atoms with van der Waals surface area (Å²) in [4.78, 5) is 32.3. The molecule has 0 fully saturated rings. The van der Waals surface area contributed by atoms with E-state index >= 15 is 0 Å². The molecule has 0 atom stereocenters. The Hall–Kier alpha value is -5.68. The Kier molecular flexibility index (Phi) is 7.98. The van der Waals surface area contributed by atoms with Gasteiger partial charge in [0.25, 0.3) is 0 Å². The van der Waals surface area contributed by atoms with Gasteiger partial charge in [-0.2, -0.15) is 0 Å². The zero-order valence-corrected chi connectivity index (χ0v) is 31.4. The zero-order valence-electron chi connectivity index (χ0n) is 42.9. The van der Waals surface area contributed by atoms with E-state index in [1.165, 1.54) is 0 Å². The van der Waals surface area contributed by atoms with Crippen LogP contribution in [0.15, 0.2) is 72.7 Å². The van der Waals surface area contributed by atoms with Crippen molar-refractivity contribution in [2.75, 3.05) is 0 Å². The van der Waals surface area contributed by atoms with Crippen molar-refractivity contribution in [3.05, 3.63) is 118 Å². The number of nitrogens with zero attached hydrogens (tertiary/aromatic N) is 8. The smallest absolute Gasteiger partial charge is 0.143 e. The van der Waals surface area contributed by atoms with E-state index in [0.717, 1.165) is 33.8 Å². The number of hydrogen-bond acceptors (Lipinski definition) is 12. The standard InChI is InChI=1S/4C10H10N2O.Zr/c4*1-6-7(2)12-10-8(11-6)4-3-5-9(10)13;/h4*3-5,13H,1-2H3;/i1D3,2D3,3D,4D,5D;2D2,3D,4D,5D;;;. The fourth-order valence-corrected chi connectivity index (χ4v) is 4.36. The Balaban J connectivity index is 0.000000198. The Bertz CT molecular complexity index is 3050. The number of fused-ring (bicyclic) bond motifs is 4. The molecule has 0 radical (unpaired) electrons. The fraction of sp³-hybridized carbons (Fsp3) is 0.200. The van der Waals surface area contributed by atoms with Crippen molar-refractivity contribution in [2.24, 2.45) is 0 Å². The maximum absolute atomic E-state index is 9.83. The second kappa shape index (κ2) is 17.2. The first-order chi connectivity index (χ1) is 30.6. The van der Waals surface area contributed by atoms with Crippen molar-refractivity contribution in [3.8, 4) is 23.0 Å². The quantitative estimate of drug-likeness (QED) is 0.117. The molecule has 4 heterocycles. The van der Waals surface area contributed by atoms with Gasteiger partial charge in [0.05, 0.1) is 75.8 Å². The minimum Gasteiger partial charge on any atom is -0.506 e. The molecule has 4 aromatic heterocycles. The molecular formula is C40H40N8O4Zr. The van der Waals surface area contributed by atoms with Gasteiger partial charge in [0.15, 0.2) is 0 Å². The van der Waals surface area contributed by atoms with Gasteiger partial charge in [-0.1, -0.05) is 24.2 Å². The molecule has 0 unspecified atom stereocenters. The van der Waals surface area contributed by atoms with Gasteiger partial charge in [0.2, 0.25) is 0 Å². The molecule has 12 nitrogen and oxygen atoms in total. The van der Waals surface area contributed by atoms with Crippen LogP contribution < -0.4 is 0 Å². The van der Waals surface area contributed by atoms with Crippen molar-refractivity contribution in [1.29, 1.82) is 0 Å². The number of rotatable bonds is 0. The first kappa shape index (κ1) is 24.5. The van der Waals surface area contributed by atoms with Gasteiger partial charge in [-0.3, -0.25) is 0 Å². The van der Waals surface area contributed by atoms with Gasteiger partial charge in [-0.25, -0.2) is 39.9 Å². The third-order valence-corrected chi connectivity index (χ3v) is 7.34. The van der Waals surface area contributed by atoms with E-state index in [0.29, 0.717) is 16.7 Å². The van der Waals surface area contributed by atoms with Gasteiger partial charge in [-0.05, 0) is 104 Å². The summed E-state index contributed by atoms with van der Waals surface area (Å²) in [6, 6.07) is 7.28. The molecular weight excluding hydrogens is 748 g/mol. The molecule has 0 spiro atoms. The van der Waals surface area contributed by atoms with E-state index in [2.05, 4.69) is 39.9 Å². The van der Waals surface area contributed by atoms with Gasteiger partial charge >= 0.3 is 0 Å². The van der Waals surface area contributed by atoms with Crippen molar-refractivity contribution in [3.63, 3.8) is 0 Å². The molecule has 13 heteroatoms. The van der Waals surface area contributed by atoms with Gasteiger partial charge in [0, 0.05) is 37.2 Å². The molecule has 0 aliphatic carbocycles. The Morgan fingerprint density at radius 2 is 0.755 bits per heavy atom. The third-order valence-electron chi connectivity index (χ3n) is 7.34. The number of phenolic OH excluding ortho intramolecular Hbond substituents is 4. The van der Waals surface area contributed by atoms with E-state index in [1.54, 1.807) is 31.2 Å². The van der Waals surface area contributed by atoms with E-state index in [4.69, 9.17) is 19.2 Å². The van der Waals surface area contributed by atoms with Gasteiger partial charge in [0.1, 0.15) is 45.1 Å². The fourth-order valence-electron chi connectivity index (χ4n) is 4.36. The summed E-state index contributed by atoms with van der Waals surface area (Å²) in [5.74, 6) is -0.979. The summed E-state index contributed by atoms with van der Waals surface area (Å²) in [6.07, 6.45) is 0. The summed E-state index contributed by atoms with van der Waals surface area (Å²) < 4.78 is 104. The van der Waals surface area contributed by atoms with Crippen LogP contribution in [0.4, 0.5) is 0 Å². The number of hydrogen-bond donors (Lipinski definition) is 4. The molecule has 4 N–H and O–H groups in total. The summed E-state index contributed by atoms with van der Waals surface area (Å²) in [7, 11) is 0. The molecule has 53 heavy (non-hydrogen) atoms. The largest absolute Gasteiger partial charge is 0.506 e. The van der Waals surface area contributed by atoms with E-state index in [-0.39, 0.29) is 60.5 Å². The summed E-state index contributed by atoms with van der Waals surface area (Å²) in [6.45, 7) is 1.98. The van der Waals surface area contributed by atoms with Gasteiger partial charge < -0.3 is 20.4 Å². The minimum atomic E-state index is -2.90. The molecule has 4 aromatic carbocycles. The van der Waals surface area contributed by atoms with E-state index < -0.39 is 84.7 Å². The molecule has 8 aromatic rings. The molecule has 0 amide bonds. The van der Waals surface area contributed by atoms with Crippen molar-refractivity contribution in [1.82, 2.24) is 39.9 Å². The summed E-state index contributed by atoms with van der Waals surface area (Å²) in [5.41, 5.74) is 3.86. The number of aryl methyl sites for hydroxylation is 8. The Labute approximate surface area is 345 Å². The average Bonchev–Trinajstić information content (AvgIpc) is 3.24. The number of phenols is 4. The minimum absolute atomic E-state index is 0. The zero-order chi connectivity index (χ0) is 49.5. The van der Waals surface area contributed by atoms with Crippen LogP contribution in [0.1, 0.15) is 64.7 Å². The van der Waals surface area contributed by atoms with Crippen LogP contribution in [0.3, 0.4) is 0 Å². The molecule has 0 saturated carbocycles. The predicted molar refractivity (Wildman–Crippen MR) is 203 cm³/mol. The van der Waals surface area contributed by atoms with Crippen LogP contribution in [0.5, 0.6) is 23.0 Å². The van der Waals surface area contributed by atoms with E-state index in [9.17, 15) is 20.4 Å².